The third-order valence-electron chi connectivity index (χ3n) is 10.5. The second kappa shape index (κ2) is 21.8. The minimum atomic E-state index is -1.23. The van der Waals surface area contributed by atoms with Crippen LogP contribution in [0, 0.1) is 11.8 Å². The molecule has 0 radical (unpaired) electrons. The number of carbonyl (C=O) groups excluding carboxylic acids is 5. The molecule has 0 heterocycles. The molecule has 0 fully saturated rings. The second-order valence-electron chi connectivity index (χ2n) is 15.2. The van der Waals surface area contributed by atoms with Gasteiger partial charge in [0.15, 0.2) is 6.10 Å². The molecule has 3 N–H and O–H groups in total. The largest absolute Gasteiger partial charge is 0.508 e. The number of hydrogen-bond acceptors (Lipinski definition) is 11. The highest BCUT2D eigenvalue weighted by Crippen LogP contribution is 2.22. The van der Waals surface area contributed by atoms with Gasteiger partial charge in [-0.05, 0) is 85.9 Å². The fourth-order valence-electron chi connectivity index (χ4n) is 6.43. The molecule has 0 aliphatic heterocycles. The van der Waals surface area contributed by atoms with Crippen LogP contribution in [-0.2, 0) is 52.7 Å². The van der Waals surface area contributed by atoms with Gasteiger partial charge in [-0.3, -0.25) is 24.1 Å². The van der Waals surface area contributed by atoms with E-state index in [0.29, 0.717) is 29.7 Å². The fourth-order valence-corrected chi connectivity index (χ4v) is 6.43. The molecule has 0 aliphatic carbocycles. The van der Waals surface area contributed by atoms with Crippen molar-refractivity contribution in [3.8, 4) is 17.2 Å². The highest BCUT2D eigenvalue weighted by atomic mass is 16.6. The van der Waals surface area contributed by atoms with Crippen molar-refractivity contribution in [1.82, 2.24) is 20.0 Å². The molecule has 14 nitrogen and oxygen atoms in total. The van der Waals surface area contributed by atoms with Gasteiger partial charge in [0.2, 0.25) is 11.8 Å². The van der Waals surface area contributed by atoms with Crippen molar-refractivity contribution >= 4 is 29.7 Å². The summed E-state index contributed by atoms with van der Waals surface area (Å²) in [4.78, 5) is 74.2. The van der Waals surface area contributed by atoms with E-state index in [1.807, 2.05) is 19.1 Å². The molecule has 3 aromatic rings. The minimum absolute atomic E-state index is 0.00475. The lowest BCUT2D eigenvalue weighted by atomic mass is 9.96. The van der Waals surface area contributed by atoms with E-state index in [9.17, 15) is 34.2 Å². The fraction of sp³-hybridized carbons (Fsp3) is 0.477. The number of rotatable bonds is 20. The van der Waals surface area contributed by atoms with E-state index in [2.05, 4.69) is 5.32 Å². The highest BCUT2D eigenvalue weighted by Gasteiger charge is 2.40. The van der Waals surface area contributed by atoms with Crippen molar-refractivity contribution in [3.05, 3.63) is 89.5 Å². The number of aromatic hydroxyl groups is 2. The molecule has 0 aromatic heterocycles. The van der Waals surface area contributed by atoms with Crippen LogP contribution in [-0.4, -0.2) is 127 Å². The number of likely N-dealkylation sites (N-methyl/N-ethyl adjacent to an activating group) is 3. The molecule has 0 spiro atoms. The number of amides is 3. The molecule has 316 valence electrons. The molecule has 0 saturated carbocycles. The van der Waals surface area contributed by atoms with Gasteiger partial charge < -0.3 is 39.5 Å². The van der Waals surface area contributed by atoms with Crippen LogP contribution in [0.5, 0.6) is 17.2 Å². The molecule has 3 amide bonds. The zero-order valence-corrected chi connectivity index (χ0v) is 35.3. The van der Waals surface area contributed by atoms with Crippen molar-refractivity contribution in [3.63, 3.8) is 0 Å². The SMILES string of the molecule is CC[C@@H](C)[C@@H](OC(=O)[C@@H](Cc1ccc(OC)cc1)N(C)C)C(=O)N[C@@H](C(=O)N(C)[C@H](Cc1ccc(O)cc1)C(=O)N(C)[C@@H](Cc1ccc(O)cc1)C(=O)OC)C(C)C. The summed E-state index contributed by atoms with van der Waals surface area (Å²) < 4.78 is 16.3. The van der Waals surface area contributed by atoms with E-state index in [0.717, 1.165) is 5.56 Å². The Morgan fingerprint density at radius 3 is 1.52 bits per heavy atom. The van der Waals surface area contributed by atoms with Crippen LogP contribution in [0.1, 0.15) is 50.8 Å². The lowest BCUT2D eigenvalue weighted by Gasteiger charge is -2.36. The normalized spacial score (nSPS) is 14.3. The zero-order valence-electron chi connectivity index (χ0n) is 35.3. The number of nitrogens with one attached hydrogen (secondary N) is 1. The summed E-state index contributed by atoms with van der Waals surface area (Å²) in [6.07, 6.45) is -0.341. The first kappa shape index (κ1) is 46.8. The molecule has 0 aliphatic rings. The molecule has 0 bridgehead atoms. The van der Waals surface area contributed by atoms with Crippen LogP contribution in [0.4, 0.5) is 0 Å². The summed E-state index contributed by atoms with van der Waals surface area (Å²) in [5, 5.41) is 22.6. The maximum absolute atomic E-state index is 14.5. The van der Waals surface area contributed by atoms with Crippen LogP contribution in [0.3, 0.4) is 0 Å². The van der Waals surface area contributed by atoms with E-state index in [-0.39, 0.29) is 24.3 Å². The zero-order chi connectivity index (χ0) is 43.3. The second-order valence-corrected chi connectivity index (χ2v) is 15.2. The number of nitrogens with zero attached hydrogens (tertiary/aromatic N) is 3. The Labute approximate surface area is 342 Å². The van der Waals surface area contributed by atoms with Crippen LogP contribution in [0.25, 0.3) is 0 Å². The molecule has 6 atom stereocenters. The first-order valence-electron chi connectivity index (χ1n) is 19.4. The Morgan fingerprint density at radius 2 is 1.09 bits per heavy atom. The average Bonchev–Trinajstić information content (AvgIpc) is 3.21. The maximum Gasteiger partial charge on any atom is 0.328 e. The Bertz CT molecular complexity index is 1820. The van der Waals surface area contributed by atoms with Gasteiger partial charge in [-0.15, -0.1) is 0 Å². The third kappa shape index (κ3) is 12.7. The third-order valence-corrected chi connectivity index (χ3v) is 10.5. The summed E-state index contributed by atoms with van der Waals surface area (Å²) in [5.41, 5.74) is 2.15. The monoisotopic (exact) mass is 804 g/mol. The summed E-state index contributed by atoms with van der Waals surface area (Å²) in [6, 6.07) is 15.6. The van der Waals surface area contributed by atoms with Gasteiger partial charge in [0.05, 0.1) is 14.2 Å². The summed E-state index contributed by atoms with van der Waals surface area (Å²) in [7, 11) is 9.21. The van der Waals surface area contributed by atoms with Crippen molar-refractivity contribution in [2.45, 2.75) is 83.6 Å². The first-order valence-corrected chi connectivity index (χ1v) is 19.4. The van der Waals surface area contributed by atoms with Gasteiger partial charge in [0.1, 0.15) is 41.4 Å². The Morgan fingerprint density at radius 1 is 0.638 bits per heavy atom. The van der Waals surface area contributed by atoms with E-state index in [1.54, 1.807) is 83.3 Å². The predicted molar refractivity (Wildman–Crippen MR) is 219 cm³/mol. The lowest BCUT2D eigenvalue weighted by molar-refractivity contribution is -0.164. The number of hydrogen-bond donors (Lipinski definition) is 3. The van der Waals surface area contributed by atoms with Crippen LogP contribution < -0.4 is 10.1 Å². The lowest BCUT2D eigenvalue weighted by Crippen LogP contribution is -2.59. The van der Waals surface area contributed by atoms with Gasteiger partial charge in [0, 0.05) is 32.9 Å². The number of benzene rings is 3. The van der Waals surface area contributed by atoms with E-state index in [1.165, 1.54) is 55.3 Å². The standard InChI is InChI=1S/C44H60N4O10/c1-11-28(4)39(58-44(55)36(46(5)6)25-31-16-22-34(56-9)23-17-31)40(51)45-38(27(2)3)42(53)47(7)35(24-29-12-18-32(49)19-13-29)41(52)48(8)37(43(54)57-10)26-30-14-20-33(50)21-15-30/h12-23,27-28,35-39,49-50H,11,24-26H2,1-10H3,(H,45,51)/t28-,35-,36-,37+,38-,39-/m1/s1. The molecule has 3 aromatic carbocycles. The number of carbonyl (C=O) groups is 5. The topological polar surface area (TPSA) is 175 Å². The van der Waals surface area contributed by atoms with Crippen LogP contribution >= 0.6 is 0 Å². The summed E-state index contributed by atoms with van der Waals surface area (Å²) in [5.74, 6) is -3.22. The average molecular weight is 805 g/mol. The quantitative estimate of drug-likeness (QED) is 0.141. The first-order chi connectivity index (χ1) is 27.4. The molecule has 58 heavy (non-hydrogen) atoms. The van der Waals surface area contributed by atoms with Crippen LogP contribution in [0.15, 0.2) is 72.8 Å². The molecule has 3 rings (SSSR count). The maximum atomic E-state index is 14.5. The van der Waals surface area contributed by atoms with E-state index < -0.39 is 71.8 Å². The Balaban J connectivity index is 1.92. The van der Waals surface area contributed by atoms with Crippen molar-refractivity contribution < 1.29 is 48.4 Å². The van der Waals surface area contributed by atoms with Gasteiger partial charge in [0.25, 0.3) is 5.91 Å². The van der Waals surface area contributed by atoms with Crippen LogP contribution in [0.2, 0.25) is 0 Å². The highest BCUT2D eigenvalue weighted by molar-refractivity contribution is 5.95. The smallest absolute Gasteiger partial charge is 0.328 e. The Hall–Kier alpha value is -5.63. The van der Waals surface area contributed by atoms with E-state index in [4.69, 9.17) is 14.2 Å². The molecular formula is C44H60N4O10. The van der Waals surface area contributed by atoms with Crippen molar-refractivity contribution in [1.29, 1.82) is 0 Å². The summed E-state index contributed by atoms with van der Waals surface area (Å²) in [6.45, 7) is 7.18. The van der Waals surface area contributed by atoms with Gasteiger partial charge in [-0.2, -0.15) is 0 Å². The molecule has 14 heteroatoms. The number of phenols is 2. The minimum Gasteiger partial charge on any atom is -0.508 e. The number of phenolic OH excluding ortho intramolecular Hbond substituents is 2. The van der Waals surface area contributed by atoms with Crippen molar-refractivity contribution in [2.24, 2.45) is 11.8 Å². The van der Waals surface area contributed by atoms with Gasteiger partial charge in [-0.1, -0.05) is 64.1 Å². The number of esters is 2. The molecule has 0 saturated heterocycles. The molecular weight excluding hydrogens is 745 g/mol. The number of ether oxygens (including phenoxy) is 3. The Kier molecular flexibility index (Phi) is 17.5. The van der Waals surface area contributed by atoms with E-state index >= 15 is 0 Å². The number of methoxy groups -OCH3 is 2. The predicted octanol–water partition coefficient (Wildman–Crippen LogP) is 3.99. The van der Waals surface area contributed by atoms with Crippen molar-refractivity contribution in [2.75, 3.05) is 42.4 Å². The summed E-state index contributed by atoms with van der Waals surface area (Å²) >= 11 is 0. The van der Waals surface area contributed by atoms with Gasteiger partial charge >= 0.3 is 11.9 Å². The van der Waals surface area contributed by atoms with Gasteiger partial charge in [-0.25, -0.2) is 4.79 Å². The molecule has 0 unspecified atom stereocenters.